The molecule has 0 bridgehead atoms. The molecule has 1 aliphatic rings. The number of ether oxygens (including phenoxy) is 1. The van der Waals surface area contributed by atoms with Crippen molar-refractivity contribution >= 4 is 10.9 Å². The normalized spacial score (nSPS) is 17.9. The molecule has 0 aliphatic carbocycles. The molecular formula is C18H29OS+. The first-order chi connectivity index (χ1) is 9.83. The summed E-state index contributed by atoms with van der Waals surface area (Å²) in [5.41, 5.74) is 0. The van der Waals surface area contributed by atoms with Crippen LogP contribution in [0.1, 0.15) is 52.4 Å². The summed E-state index contributed by atoms with van der Waals surface area (Å²) in [7, 11) is 0.511. The molecule has 0 spiro atoms. The highest BCUT2D eigenvalue weighted by atomic mass is 32.2. The molecule has 0 saturated carbocycles. The first-order valence-corrected chi connectivity index (χ1v) is 9.80. The topological polar surface area (TPSA) is 9.23 Å². The predicted octanol–water partition coefficient (Wildman–Crippen LogP) is 5.05. The molecule has 2 rings (SSSR count). The second-order valence-corrected chi connectivity index (χ2v) is 8.08. The van der Waals surface area contributed by atoms with Crippen LogP contribution in [-0.2, 0) is 10.9 Å². The second kappa shape index (κ2) is 8.61. The Morgan fingerprint density at radius 1 is 1.05 bits per heavy atom. The van der Waals surface area contributed by atoms with Crippen LogP contribution in [0.3, 0.4) is 0 Å². The lowest BCUT2D eigenvalue weighted by atomic mass is 10.0. The third-order valence-corrected chi connectivity index (χ3v) is 6.70. The molecule has 1 aliphatic heterocycles. The van der Waals surface area contributed by atoms with Crippen LogP contribution in [-0.4, -0.2) is 18.1 Å². The Hall–Kier alpha value is -0.630. The van der Waals surface area contributed by atoms with Crippen molar-refractivity contribution in [3.63, 3.8) is 0 Å². The molecule has 1 aromatic rings. The Bertz CT molecular complexity index is 368. The Balaban J connectivity index is 1.84. The van der Waals surface area contributed by atoms with Gasteiger partial charge in [-0.15, -0.1) is 0 Å². The minimum Gasteiger partial charge on any atom is -0.493 e. The third kappa shape index (κ3) is 4.73. The van der Waals surface area contributed by atoms with Crippen LogP contribution in [0.5, 0.6) is 5.75 Å². The van der Waals surface area contributed by atoms with E-state index in [0.717, 1.165) is 12.4 Å². The predicted molar refractivity (Wildman–Crippen MR) is 89.8 cm³/mol. The molecule has 0 N–H and O–H groups in total. The lowest BCUT2D eigenvalue weighted by Gasteiger charge is -2.16. The summed E-state index contributed by atoms with van der Waals surface area (Å²) in [5, 5.41) is 0. The summed E-state index contributed by atoms with van der Waals surface area (Å²) in [4.78, 5) is 1.54. The van der Waals surface area contributed by atoms with Crippen LogP contribution in [0.2, 0.25) is 0 Å². The molecule has 112 valence electrons. The summed E-state index contributed by atoms with van der Waals surface area (Å²) in [5.74, 6) is 4.55. The monoisotopic (exact) mass is 293 g/mol. The van der Waals surface area contributed by atoms with Crippen molar-refractivity contribution in [3.05, 3.63) is 24.3 Å². The molecular weight excluding hydrogens is 264 g/mol. The second-order valence-electron chi connectivity index (χ2n) is 5.81. The number of hydrogen-bond acceptors (Lipinski definition) is 1. The summed E-state index contributed by atoms with van der Waals surface area (Å²) in [6.07, 6.45) is 8.00. The Morgan fingerprint density at radius 3 is 2.35 bits per heavy atom. The van der Waals surface area contributed by atoms with Crippen molar-refractivity contribution < 1.29 is 4.74 Å². The lowest BCUT2D eigenvalue weighted by molar-refractivity contribution is 0.235. The summed E-state index contributed by atoms with van der Waals surface area (Å²) < 4.78 is 5.96. The van der Waals surface area contributed by atoms with Crippen LogP contribution in [0.25, 0.3) is 0 Å². The van der Waals surface area contributed by atoms with Gasteiger partial charge in [0.1, 0.15) is 17.3 Å². The Kier molecular flexibility index (Phi) is 6.78. The van der Waals surface area contributed by atoms with Gasteiger partial charge in [-0.05, 0) is 55.9 Å². The molecule has 1 nitrogen and oxygen atoms in total. The average molecular weight is 293 g/mol. The fraction of sp³-hybridized carbons (Fsp3) is 0.667. The van der Waals surface area contributed by atoms with Crippen LogP contribution < -0.4 is 4.74 Å². The zero-order valence-corrected chi connectivity index (χ0v) is 13.9. The van der Waals surface area contributed by atoms with Crippen molar-refractivity contribution in [1.82, 2.24) is 0 Å². The van der Waals surface area contributed by atoms with Gasteiger partial charge >= 0.3 is 0 Å². The maximum atomic E-state index is 5.96. The SMILES string of the molecule is CCCC(CC)COc1ccc([S+]2CCCCC2)cc1. The molecule has 20 heavy (non-hydrogen) atoms. The molecule has 1 unspecified atom stereocenters. The van der Waals surface area contributed by atoms with Crippen molar-refractivity contribution in [1.29, 1.82) is 0 Å². The van der Waals surface area contributed by atoms with Gasteiger partial charge in [0.05, 0.1) is 6.61 Å². The first-order valence-electron chi connectivity index (χ1n) is 8.23. The van der Waals surface area contributed by atoms with Gasteiger partial charge in [0.2, 0.25) is 0 Å². The molecule has 0 aromatic heterocycles. The fourth-order valence-electron chi connectivity index (χ4n) is 2.82. The highest BCUT2D eigenvalue weighted by molar-refractivity contribution is 7.96. The van der Waals surface area contributed by atoms with Gasteiger partial charge in [-0.1, -0.05) is 26.7 Å². The summed E-state index contributed by atoms with van der Waals surface area (Å²) >= 11 is 0. The van der Waals surface area contributed by atoms with Gasteiger partial charge in [0.25, 0.3) is 0 Å². The fourth-order valence-corrected chi connectivity index (χ4v) is 5.12. The zero-order chi connectivity index (χ0) is 14.2. The third-order valence-electron chi connectivity index (χ3n) is 4.20. The smallest absolute Gasteiger partial charge is 0.155 e. The maximum Gasteiger partial charge on any atom is 0.155 e. The Labute approximate surface area is 127 Å². The highest BCUT2D eigenvalue weighted by Gasteiger charge is 2.24. The van der Waals surface area contributed by atoms with Crippen LogP contribution >= 0.6 is 0 Å². The molecule has 1 fully saturated rings. The Morgan fingerprint density at radius 2 is 1.75 bits per heavy atom. The van der Waals surface area contributed by atoms with Crippen LogP contribution in [0.15, 0.2) is 29.2 Å². The number of benzene rings is 1. The quantitative estimate of drug-likeness (QED) is 0.639. The summed E-state index contributed by atoms with van der Waals surface area (Å²) in [6, 6.07) is 8.94. The molecule has 0 amide bonds. The standard InChI is InChI=1S/C18H29OS/c1-3-8-16(4-2)15-19-17-9-11-18(12-10-17)20-13-6-5-7-14-20/h9-12,16H,3-8,13-15H2,1-2H3/q+1. The molecule has 1 aromatic carbocycles. The van der Waals surface area contributed by atoms with Crippen molar-refractivity contribution in [3.8, 4) is 5.75 Å². The van der Waals surface area contributed by atoms with Gasteiger partial charge in [0.15, 0.2) is 4.90 Å². The van der Waals surface area contributed by atoms with Crippen molar-refractivity contribution in [2.75, 3.05) is 18.1 Å². The lowest BCUT2D eigenvalue weighted by Crippen LogP contribution is -2.17. The minimum atomic E-state index is 0.511. The van der Waals surface area contributed by atoms with E-state index in [2.05, 4.69) is 38.1 Å². The van der Waals surface area contributed by atoms with Crippen LogP contribution in [0, 0.1) is 5.92 Å². The molecule has 1 heterocycles. The van der Waals surface area contributed by atoms with E-state index in [1.54, 1.807) is 0 Å². The van der Waals surface area contributed by atoms with Gasteiger partial charge < -0.3 is 4.74 Å². The van der Waals surface area contributed by atoms with E-state index < -0.39 is 0 Å². The van der Waals surface area contributed by atoms with E-state index in [1.807, 2.05) is 0 Å². The van der Waals surface area contributed by atoms with E-state index in [-0.39, 0.29) is 0 Å². The van der Waals surface area contributed by atoms with E-state index >= 15 is 0 Å². The van der Waals surface area contributed by atoms with Gasteiger partial charge in [-0.2, -0.15) is 0 Å². The average Bonchev–Trinajstić information content (AvgIpc) is 2.53. The van der Waals surface area contributed by atoms with Crippen molar-refractivity contribution in [2.24, 2.45) is 5.92 Å². The maximum absolute atomic E-state index is 5.96. The molecule has 1 saturated heterocycles. The van der Waals surface area contributed by atoms with E-state index in [9.17, 15) is 0 Å². The first kappa shape index (κ1) is 15.8. The van der Waals surface area contributed by atoms with E-state index in [0.29, 0.717) is 16.8 Å². The zero-order valence-electron chi connectivity index (χ0n) is 13.1. The van der Waals surface area contributed by atoms with Gasteiger partial charge in [-0.3, -0.25) is 0 Å². The number of hydrogen-bond donors (Lipinski definition) is 0. The van der Waals surface area contributed by atoms with Gasteiger partial charge in [0, 0.05) is 10.9 Å². The van der Waals surface area contributed by atoms with Gasteiger partial charge in [-0.25, -0.2) is 0 Å². The van der Waals surface area contributed by atoms with E-state index in [1.165, 1.54) is 54.9 Å². The highest BCUT2D eigenvalue weighted by Crippen LogP contribution is 2.24. The molecule has 1 atom stereocenters. The minimum absolute atomic E-state index is 0.511. The van der Waals surface area contributed by atoms with Crippen LogP contribution in [0.4, 0.5) is 0 Å². The van der Waals surface area contributed by atoms with Crippen molar-refractivity contribution in [2.45, 2.75) is 57.3 Å². The molecule has 0 radical (unpaired) electrons. The molecule has 2 heteroatoms. The largest absolute Gasteiger partial charge is 0.493 e. The number of rotatable bonds is 7. The summed E-state index contributed by atoms with van der Waals surface area (Å²) in [6.45, 7) is 5.38. The van der Waals surface area contributed by atoms with E-state index in [4.69, 9.17) is 4.74 Å².